The van der Waals surface area contributed by atoms with Crippen LogP contribution in [0.15, 0.2) is 12.7 Å². The molecule has 0 aromatic carbocycles. The smallest absolute Gasteiger partial charge is 0.258 e. The SMILES string of the molecule is CCC(COC)Nc1nc(NN)nc(-n2cncn2)n1. The highest BCUT2D eigenvalue weighted by Gasteiger charge is 2.12. The van der Waals surface area contributed by atoms with E-state index in [2.05, 4.69) is 35.8 Å². The molecule has 0 saturated carbocycles. The molecule has 1 unspecified atom stereocenters. The number of methoxy groups -OCH3 is 1. The van der Waals surface area contributed by atoms with E-state index < -0.39 is 0 Å². The summed E-state index contributed by atoms with van der Waals surface area (Å²) in [7, 11) is 1.64. The molecule has 0 spiro atoms. The zero-order chi connectivity index (χ0) is 14.4. The maximum absolute atomic E-state index is 5.36. The fourth-order valence-corrected chi connectivity index (χ4v) is 1.55. The van der Waals surface area contributed by atoms with Crippen molar-refractivity contribution in [2.45, 2.75) is 19.4 Å². The van der Waals surface area contributed by atoms with Crippen LogP contribution in [0.1, 0.15) is 13.3 Å². The fraction of sp³-hybridized carbons (Fsp3) is 0.500. The van der Waals surface area contributed by atoms with E-state index in [1.165, 1.54) is 17.3 Å². The predicted octanol–water partition coefficient (Wildman–Crippen LogP) is -0.425. The van der Waals surface area contributed by atoms with Crippen molar-refractivity contribution >= 4 is 11.9 Å². The van der Waals surface area contributed by atoms with Crippen molar-refractivity contribution in [3.63, 3.8) is 0 Å². The van der Waals surface area contributed by atoms with E-state index in [4.69, 9.17) is 10.6 Å². The van der Waals surface area contributed by atoms with Gasteiger partial charge in [-0.2, -0.15) is 24.7 Å². The first kappa shape index (κ1) is 14.1. The van der Waals surface area contributed by atoms with Gasteiger partial charge in [0.25, 0.3) is 5.95 Å². The molecular formula is C10H17N9O. The summed E-state index contributed by atoms with van der Waals surface area (Å²) in [5, 5.41) is 7.13. The number of hydrazine groups is 1. The zero-order valence-electron chi connectivity index (χ0n) is 11.3. The minimum absolute atomic E-state index is 0.0941. The third-order valence-electron chi connectivity index (χ3n) is 2.57. The normalized spacial score (nSPS) is 12.2. The van der Waals surface area contributed by atoms with Gasteiger partial charge in [0.1, 0.15) is 12.7 Å². The summed E-state index contributed by atoms with van der Waals surface area (Å²) >= 11 is 0. The van der Waals surface area contributed by atoms with E-state index >= 15 is 0 Å². The van der Waals surface area contributed by atoms with Gasteiger partial charge in [-0.25, -0.2) is 10.8 Å². The minimum Gasteiger partial charge on any atom is -0.383 e. The number of nitrogens with one attached hydrogen (secondary N) is 2. The second-order valence-electron chi connectivity index (χ2n) is 3.97. The standard InChI is InChI=1S/C10H17N9O/c1-3-7(4-20-2)14-8-15-9(18-11)17-10(16-8)19-6-12-5-13-19/h5-7H,3-4,11H2,1-2H3,(H2,14,15,16,17,18). The molecule has 2 rings (SSSR count). The molecule has 0 saturated heterocycles. The Morgan fingerprint density at radius 2 is 2.15 bits per heavy atom. The van der Waals surface area contributed by atoms with E-state index in [0.29, 0.717) is 18.5 Å². The molecule has 10 heteroatoms. The molecule has 4 N–H and O–H groups in total. The van der Waals surface area contributed by atoms with Gasteiger partial charge in [-0.15, -0.1) is 0 Å². The Morgan fingerprint density at radius 3 is 2.75 bits per heavy atom. The van der Waals surface area contributed by atoms with E-state index in [-0.39, 0.29) is 12.0 Å². The minimum atomic E-state index is 0.0941. The first-order valence-corrected chi connectivity index (χ1v) is 6.10. The maximum Gasteiger partial charge on any atom is 0.258 e. The first-order chi connectivity index (χ1) is 9.76. The molecule has 2 aromatic heterocycles. The zero-order valence-corrected chi connectivity index (χ0v) is 11.3. The summed E-state index contributed by atoms with van der Waals surface area (Å²) in [5.41, 5.74) is 2.40. The van der Waals surface area contributed by atoms with Gasteiger partial charge in [0.05, 0.1) is 12.6 Å². The van der Waals surface area contributed by atoms with Crippen LogP contribution in [0.5, 0.6) is 0 Å². The molecule has 0 amide bonds. The first-order valence-electron chi connectivity index (χ1n) is 6.10. The summed E-state index contributed by atoms with van der Waals surface area (Å²) in [6.07, 6.45) is 3.75. The third kappa shape index (κ3) is 3.36. The lowest BCUT2D eigenvalue weighted by atomic mass is 10.2. The van der Waals surface area contributed by atoms with Crippen LogP contribution in [-0.4, -0.2) is 49.5 Å². The molecule has 0 bridgehead atoms. The van der Waals surface area contributed by atoms with Crippen molar-refractivity contribution in [1.82, 2.24) is 29.7 Å². The van der Waals surface area contributed by atoms with Crippen molar-refractivity contribution in [2.24, 2.45) is 5.84 Å². The number of rotatable bonds is 7. The highest BCUT2D eigenvalue weighted by Crippen LogP contribution is 2.09. The Bertz CT molecular complexity index is 530. The largest absolute Gasteiger partial charge is 0.383 e. The Kier molecular flexibility index (Phi) is 4.74. The van der Waals surface area contributed by atoms with Gasteiger partial charge in [0.15, 0.2) is 0 Å². The Hall–Kier alpha value is -2.33. The molecule has 0 aliphatic carbocycles. The number of nitrogen functional groups attached to an aromatic ring is 1. The summed E-state index contributed by atoms with van der Waals surface area (Å²) in [6, 6.07) is 0.0941. The lowest BCUT2D eigenvalue weighted by molar-refractivity contribution is 0.184. The van der Waals surface area contributed by atoms with Crippen LogP contribution in [0.2, 0.25) is 0 Å². The van der Waals surface area contributed by atoms with Gasteiger partial charge in [-0.1, -0.05) is 6.92 Å². The summed E-state index contributed by atoms with van der Waals surface area (Å²) in [5.74, 6) is 6.31. The van der Waals surface area contributed by atoms with Crippen LogP contribution in [0.4, 0.5) is 11.9 Å². The second kappa shape index (κ2) is 6.73. The Labute approximate surface area is 115 Å². The highest BCUT2D eigenvalue weighted by molar-refractivity contribution is 5.37. The van der Waals surface area contributed by atoms with Crippen LogP contribution in [-0.2, 0) is 4.74 Å². The van der Waals surface area contributed by atoms with E-state index in [0.717, 1.165) is 6.42 Å². The van der Waals surface area contributed by atoms with Crippen LogP contribution in [0, 0.1) is 0 Å². The van der Waals surface area contributed by atoms with Crippen molar-refractivity contribution < 1.29 is 4.74 Å². The monoisotopic (exact) mass is 279 g/mol. The molecule has 0 fully saturated rings. The number of anilines is 2. The quantitative estimate of drug-likeness (QED) is 0.457. The van der Waals surface area contributed by atoms with Gasteiger partial charge < -0.3 is 10.1 Å². The molecule has 0 aliphatic rings. The van der Waals surface area contributed by atoms with Gasteiger partial charge in [0.2, 0.25) is 11.9 Å². The average molecular weight is 279 g/mol. The molecular weight excluding hydrogens is 262 g/mol. The lowest BCUT2D eigenvalue weighted by Crippen LogP contribution is -2.26. The number of nitrogens with zero attached hydrogens (tertiary/aromatic N) is 6. The number of ether oxygens (including phenoxy) is 1. The van der Waals surface area contributed by atoms with Crippen molar-refractivity contribution in [2.75, 3.05) is 24.5 Å². The predicted molar refractivity (Wildman–Crippen MR) is 72.1 cm³/mol. The van der Waals surface area contributed by atoms with Crippen LogP contribution in [0.3, 0.4) is 0 Å². The third-order valence-corrected chi connectivity index (χ3v) is 2.57. The number of nitrogens with two attached hydrogens (primary N) is 1. The van der Waals surface area contributed by atoms with Crippen molar-refractivity contribution in [3.8, 4) is 5.95 Å². The molecule has 108 valence electrons. The van der Waals surface area contributed by atoms with Gasteiger partial charge in [-0.3, -0.25) is 5.43 Å². The second-order valence-corrected chi connectivity index (χ2v) is 3.97. The molecule has 0 radical (unpaired) electrons. The van der Waals surface area contributed by atoms with Crippen molar-refractivity contribution in [1.29, 1.82) is 0 Å². The number of hydrogen-bond donors (Lipinski definition) is 3. The van der Waals surface area contributed by atoms with Gasteiger partial charge in [0, 0.05) is 7.11 Å². The molecule has 1 atom stereocenters. The molecule has 0 aliphatic heterocycles. The van der Waals surface area contributed by atoms with Crippen LogP contribution >= 0.6 is 0 Å². The molecule has 2 aromatic rings. The summed E-state index contributed by atoms with van der Waals surface area (Å²) in [4.78, 5) is 16.4. The highest BCUT2D eigenvalue weighted by atomic mass is 16.5. The van der Waals surface area contributed by atoms with E-state index in [1.807, 2.05) is 6.92 Å². The van der Waals surface area contributed by atoms with Gasteiger partial charge >= 0.3 is 0 Å². The molecule has 2 heterocycles. The summed E-state index contributed by atoms with van der Waals surface area (Å²) in [6.45, 7) is 2.59. The number of aromatic nitrogens is 6. The Balaban J connectivity index is 2.26. The average Bonchev–Trinajstić information content (AvgIpc) is 3.00. The summed E-state index contributed by atoms with van der Waals surface area (Å²) < 4.78 is 6.55. The van der Waals surface area contributed by atoms with Crippen LogP contribution < -0.4 is 16.6 Å². The maximum atomic E-state index is 5.36. The van der Waals surface area contributed by atoms with Gasteiger partial charge in [-0.05, 0) is 6.42 Å². The van der Waals surface area contributed by atoms with Crippen molar-refractivity contribution in [3.05, 3.63) is 12.7 Å². The number of hydrogen-bond acceptors (Lipinski definition) is 9. The molecule has 20 heavy (non-hydrogen) atoms. The lowest BCUT2D eigenvalue weighted by Gasteiger charge is -2.16. The van der Waals surface area contributed by atoms with E-state index in [1.54, 1.807) is 7.11 Å². The topological polar surface area (TPSA) is 129 Å². The van der Waals surface area contributed by atoms with Crippen LogP contribution in [0.25, 0.3) is 5.95 Å². The molecule has 10 nitrogen and oxygen atoms in total. The fourth-order valence-electron chi connectivity index (χ4n) is 1.55. The Morgan fingerprint density at radius 1 is 1.35 bits per heavy atom. The van der Waals surface area contributed by atoms with E-state index in [9.17, 15) is 0 Å².